The van der Waals surface area contributed by atoms with Crippen LogP contribution in [0.3, 0.4) is 0 Å². The normalized spacial score (nSPS) is 12.4. The van der Waals surface area contributed by atoms with Crippen molar-refractivity contribution in [3.8, 4) is 0 Å². The molecule has 1 fully saturated rings. The van der Waals surface area contributed by atoms with E-state index in [-0.39, 0.29) is 11.5 Å². The summed E-state index contributed by atoms with van der Waals surface area (Å²) in [4.78, 5) is 25.3. The predicted octanol–water partition coefficient (Wildman–Crippen LogP) is 1.98. The van der Waals surface area contributed by atoms with Crippen LogP contribution in [0.4, 0.5) is 5.95 Å². The van der Waals surface area contributed by atoms with Gasteiger partial charge in [0.15, 0.2) is 34.2 Å². The molecule has 0 saturated carbocycles. The summed E-state index contributed by atoms with van der Waals surface area (Å²) in [6.07, 6.45) is 4.08. The number of hydrogen-bond acceptors (Lipinski definition) is 7. The van der Waals surface area contributed by atoms with Gasteiger partial charge >= 0.3 is 0 Å². The third kappa shape index (κ3) is 8.25. The van der Waals surface area contributed by atoms with Crippen molar-refractivity contribution in [3.05, 3.63) is 16.7 Å². The molecular formula is C13H24IN5O4. The van der Waals surface area contributed by atoms with Gasteiger partial charge in [0.2, 0.25) is 5.95 Å². The number of anilines is 1. The number of fused-ring (bicyclic) bond motifs is 1. The number of H-pyrrole nitrogens is 1. The highest BCUT2D eigenvalue weighted by Crippen LogP contribution is 2.02. The van der Waals surface area contributed by atoms with Gasteiger partial charge in [0, 0.05) is 20.3 Å². The van der Waals surface area contributed by atoms with E-state index in [2.05, 4.69) is 23.1 Å². The van der Waals surface area contributed by atoms with Gasteiger partial charge < -0.3 is 15.0 Å². The summed E-state index contributed by atoms with van der Waals surface area (Å²) in [6, 6.07) is 0. The maximum atomic E-state index is 11.2. The number of rotatable bonds is 1. The molecule has 3 heterocycles. The van der Waals surface area contributed by atoms with Gasteiger partial charge in [-0.25, -0.2) is 9.87 Å². The number of ether oxygens (including phenoxy) is 1. The van der Waals surface area contributed by atoms with Gasteiger partial charge in [-0.3, -0.25) is 9.78 Å². The number of nitrogens with one attached hydrogen (secondary N) is 1. The van der Waals surface area contributed by atoms with Crippen molar-refractivity contribution in [2.75, 3.05) is 26.1 Å². The third-order valence-corrected chi connectivity index (χ3v) is 2.84. The van der Waals surface area contributed by atoms with E-state index in [4.69, 9.17) is 10.5 Å². The van der Waals surface area contributed by atoms with Gasteiger partial charge in [-0.2, -0.15) is 8.20 Å². The fourth-order valence-electron chi connectivity index (χ4n) is 1.54. The SMILES string of the molecule is C1CCOC1.CC.COOI.Cn1cnc2c(=O)[nH]c(N)nc21. The number of imidazole rings is 1. The number of aromatic amines is 1. The molecule has 0 bridgehead atoms. The number of nitrogens with zero attached hydrogens (tertiary/aromatic N) is 3. The molecule has 0 aromatic carbocycles. The Labute approximate surface area is 149 Å². The summed E-state index contributed by atoms with van der Waals surface area (Å²) in [7, 11) is 3.20. The van der Waals surface area contributed by atoms with E-state index in [0.29, 0.717) is 11.2 Å². The molecule has 1 aliphatic heterocycles. The third-order valence-electron chi connectivity index (χ3n) is 2.48. The van der Waals surface area contributed by atoms with Crippen molar-refractivity contribution in [2.24, 2.45) is 7.05 Å². The van der Waals surface area contributed by atoms with Crippen molar-refractivity contribution >= 4 is 40.1 Å². The summed E-state index contributed by atoms with van der Waals surface area (Å²) >= 11 is 1.63. The van der Waals surface area contributed by atoms with Gasteiger partial charge in [-0.1, -0.05) is 13.8 Å². The van der Waals surface area contributed by atoms with Crippen LogP contribution in [0.2, 0.25) is 0 Å². The Bertz CT molecular complexity index is 588. The quantitative estimate of drug-likeness (QED) is 0.395. The molecule has 3 rings (SSSR count). The molecule has 0 atom stereocenters. The number of aryl methyl sites for hydroxylation is 1. The number of halogens is 1. The lowest BCUT2D eigenvalue weighted by atomic mass is 10.4. The van der Waals surface area contributed by atoms with Crippen LogP contribution in [0, 0.1) is 0 Å². The van der Waals surface area contributed by atoms with Crippen LogP contribution in [0.1, 0.15) is 26.7 Å². The van der Waals surface area contributed by atoms with Crippen molar-refractivity contribution in [3.63, 3.8) is 0 Å². The summed E-state index contributed by atoms with van der Waals surface area (Å²) in [5, 5.41) is 0. The first-order valence-electron chi connectivity index (χ1n) is 7.16. The Morgan fingerprint density at radius 3 is 2.39 bits per heavy atom. The molecule has 1 saturated heterocycles. The molecule has 0 unspecified atom stereocenters. The fourth-order valence-corrected chi connectivity index (χ4v) is 1.54. The predicted molar refractivity (Wildman–Crippen MR) is 97.1 cm³/mol. The first kappa shape index (κ1) is 21.8. The first-order valence-corrected chi connectivity index (χ1v) is 8.04. The lowest BCUT2D eigenvalue weighted by Gasteiger charge is -1.93. The van der Waals surface area contributed by atoms with E-state index >= 15 is 0 Å². The lowest BCUT2D eigenvalue weighted by molar-refractivity contribution is -0.133. The van der Waals surface area contributed by atoms with Crippen molar-refractivity contribution in [1.82, 2.24) is 19.5 Å². The van der Waals surface area contributed by atoms with E-state index in [0.717, 1.165) is 13.2 Å². The van der Waals surface area contributed by atoms with Gasteiger partial charge in [0.05, 0.1) is 13.4 Å². The highest BCUT2D eigenvalue weighted by atomic mass is 127. The second-order valence-corrected chi connectivity index (χ2v) is 4.39. The number of nitrogen functional groups attached to an aromatic ring is 1. The molecule has 1 aliphatic rings. The number of nitrogens with two attached hydrogens (primary N) is 1. The average Bonchev–Trinajstić information content (AvgIpc) is 3.24. The molecule has 2 aromatic heterocycles. The Hall–Kier alpha value is -1.24. The van der Waals surface area contributed by atoms with E-state index in [1.807, 2.05) is 13.8 Å². The van der Waals surface area contributed by atoms with Crippen molar-refractivity contribution in [1.29, 1.82) is 0 Å². The number of aromatic nitrogens is 4. The van der Waals surface area contributed by atoms with Crippen LogP contribution in [-0.2, 0) is 19.9 Å². The van der Waals surface area contributed by atoms with E-state index in [1.165, 1.54) is 26.3 Å². The highest BCUT2D eigenvalue weighted by Gasteiger charge is 2.05. The molecule has 23 heavy (non-hydrogen) atoms. The molecule has 132 valence electrons. The second kappa shape index (κ2) is 13.2. The zero-order chi connectivity index (χ0) is 17.7. The minimum atomic E-state index is -0.307. The van der Waals surface area contributed by atoms with E-state index < -0.39 is 0 Å². The Morgan fingerprint density at radius 1 is 1.39 bits per heavy atom. The smallest absolute Gasteiger partial charge is 0.280 e. The summed E-state index contributed by atoms with van der Waals surface area (Å²) in [5.41, 5.74) is 5.85. The topological polar surface area (TPSA) is 117 Å². The maximum Gasteiger partial charge on any atom is 0.280 e. The van der Waals surface area contributed by atoms with Crippen LogP contribution in [0.25, 0.3) is 11.2 Å². The highest BCUT2D eigenvalue weighted by molar-refractivity contribution is 14.1. The van der Waals surface area contributed by atoms with Gasteiger partial charge in [-0.15, -0.1) is 0 Å². The van der Waals surface area contributed by atoms with E-state index in [1.54, 1.807) is 34.6 Å². The average molecular weight is 441 g/mol. The minimum absolute atomic E-state index is 0.108. The van der Waals surface area contributed by atoms with Crippen molar-refractivity contribution < 1.29 is 12.8 Å². The summed E-state index contributed by atoms with van der Waals surface area (Å²) in [6.45, 7) is 6.00. The van der Waals surface area contributed by atoms with Crippen LogP contribution in [-0.4, -0.2) is 39.8 Å². The molecule has 3 N–H and O–H groups in total. The maximum absolute atomic E-state index is 11.2. The Balaban J connectivity index is 0.000000366. The Morgan fingerprint density at radius 2 is 1.96 bits per heavy atom. The zero-order valence-corrected chi connectivity index (χ0v) is 16.0. The first-order chi connectivity index (χ1) is 11.1. The van der Waals surface area contributed by atoms with Crippen LogP contribution >= 0.6 is 23.0 Å². The van der Waals surface area contributed by atoms with Gasteiger partial charge in [0.1, 0.15) is 0 Å². The monoisotopic (exact) mass is 441 g/mol. The molecular weight excluding hydrogens is 417 g/mol. The fraction of sp³-hybridized carbons (Fsp3) is 0.615. The molecule has 2 aromatic rings. The molecule has 10 heteroatoms. The molecule has 0 amide bonds. The second-order valence-electron chi connectivity index (χ2n) is 4.03. The van der Waals surface area contributed by atoms with Gasteiger partial charge in [-0.05, 0) is 12.8 Å². The van der Waals surface area contributed by atoms with Gasteiger partial charge in [0.25, 0.3) is 5.56 Å². The summed E-state index contributed by atoms with van der Waals surface area (Å²) in [5.74, 6) is 0.108. The standard InChI is InChI=1S/C6H7N5O.C4H8O.C2H6.CH3IO2/c1-11-2-8-3-4(11)9-6(7)10-5(3)12;1-2-4-5-3-1;1-2;1-3-4-2/h2H,1H3,(H3,7,9,10,12);1-4H2;1-2H3;1H3. The largest absolute Gasteiger partial charge is 0.381 e. The lowest BCUT2D eigenvalue weighted by Crippen LogP contribution is -2.11. The zero-order valence-electron chi connectivity index (χ0n) is 13.8. The number of hydrogen-bond donors (Lipinski definition) is 2. The Kier molecular flexibility index (Phi) is 12.5. The molecule has 0 aliphatic carbocycles. The van der Waals surface area contributed by atoms with Crippen LogP contribution < -0.4 is 11.3 Å². The van der Waals surface area contributed by atoms with Crippen LogP contribution in [0.5, 0.6) is 0 Å². The molecule has 0 radical (unpaired) electrons. The van der Waals surface area contributed by atoms with Crippen LogP contribution in [0.15, 0.2) is 11.1 Å². The van der Waals surface area contributed by atoms with Crippen molar-refractivity contribution in [2.45, 2.75) is 26.7 Å². The minimum Gasteiger partial charge on any atom is -0.381 e. The summed E-state index contributed by atoms with van der Waals surface area (Å²) < 4.78 is 10.6. The molecule has 9 nitrogen and oxygen atoms in total. The molecule has 0 spiro atoms. The van der Waals surface area contributed by atoms with E-state index in [9.17, 15) is 4.79 Å².